The van der Waals surface area contributed by atoms with E-state index in [2.05, 4.69) is 41.0 Å². The lowest BCUT2D eigenvalue weighted by Gasteiger charge is -2.14. The number of benzene rings is 2. The monoisotopic (exact) mass is 514 g/mol. The number of rotatable bonds is 8. The van der Waals surface area contributed by atoms with Crippen LogP contribution in [0, 0.1) is 20.8 Å². The number of nitrogens with two attached hydrogens (primary N) is 1. The molecular formula is C30H34N4O4. The lowest BCUT2D eigenvalue weighted by molar-refractivity contribution is -0.138. The van der Waals surface area contributed by atoms with E-state index in [1.54, 1.807) is 0 Å². The maximum atomic E-state index is 13.6. The van der Waals surface area contributed by atoms with Crippen LogP contribution in [0.1, 0.15) is 58.2 Å². The molecule has 0 saturated carbocycles. The fourth-order valence-electron chi connectivity index (χ4n) is 4.90. The lowest BCUT2D eigenvalue weighted by atomic mass is 9.96. The summed E-state index contributed by atoms with van der Waals surface area (Å²) >= 11 is 0. The molecule has 0 radical (unpaired) electrons. The maximum Gasteiger partial charge on any atom is 0.320 e. The molecule has 0 aliphatic heterocycles. The Hall–Kier alpha value is -4.17. The number of fused-ring (bicyclic) bond motifs is 1. The minimum atomic E-state index is -1.04. The average molecular weight is 515 g/mol. The number of carboxylic acids is 1. The molecule has 0 unspecified atom stereocenters. The van der Waals surface area contributed by atoms with Crippen molar-refractivity contribution < 1.29 is 14.7 Å². The summed E-state index contributed by atoms with van der Waals surface area (Å²) in [5, 5.41) is 12.9. The van der Waals surface area contributed by atoms with Crippen LogP contribution in [0.15, 0.2) is 53.5 Å². The van der Waals surface area contributed by atoms with E-state index in [4.69, 9.17) is 10.8 Å². The van der Waals surface area contributed by atoms with Crippen LogP contribution in [0.3, 0.4) is 0 Å². The van der Waals surface area contributed by atoms with Gasteiger partial charge in [-0.2, -0.15) is 0 Å². The van der Waals surface area contributed by atoms with Crippen LogP contribution in [0.5, 0.6) is 0 Å². The van der Waals surface area contributed by atoms with Gasteiger partial charge in [-0.05, 0) is 87.1 Å². The lowest BCUT2D eigenvalue weighted by Crippen LogP contribution is -2.32. The molecule has 38 heavy (non-hydrogen) atoms. The highest BCUT2D eigenvalue weighted by atomic mass is 16.4. The minimum absolute atomic E-state index is 0.120. The summed E-state index contributed by atoms with van der Waals surface area (Å²) in [6.07, 6.45) is 2.29. The standard InChI is InChI=1S/C30H34N4O4/c1-16(2)34-15-18(4)27-23(28(35)32-14-24-17(3)10-19(5)33-29(24)36)12-22(13-26(27)34)21-8-6-20(7-9-21)11-25(31)30(37)38/h6-10,12-13,15-16,25H,11,14,31H2,1-5H3,(H,32,35)(H,33,36)(H,37,38)/t25-/m1/s1. The Balaban J connectivity index is 1.74. The molecule has 0 aliphatic carbocycles. The van der Waals surface area contributed by atoms with Crippen molar-refractivity contribution in [3.8, 4) is 11.1 Å². The van der Waals surface area contributed by atoms with Gasteiger partial charge in [0, 0.05) is 46.5 Å². The molecule has 0 aliphatic rings. The summed E-state index contributed by atoms with van der Waals surface area (Å²) in [6.45, 7) is 9.99. The Morgan fingerprint density at radius 2 is 1.71 bits per heavy atom. The molecule has 4 aromatic rings. The first-order valence-corrected chi connectivity index (χ1v) is 12.7. The van der Waals surface area contributed by atoms with Gasteiger partial charge in [0.1, 0.15) is 6.04 Å². The number of carbonyl (C=O) groups excluding carboxylic acids is 1. The van der Waals surface area contributed by atoms with Crippen LogP contribution < -0.4 is 16.6 Å². The van der Waals surface area contributed by atoms with Gasteiger partial charge in [0.25, 0.3) is 11.5 Å². The zero-order valence-corrected chi connectivity index (χ0v) is 22.4. The van der Waals surface area contributed by atoms with Crippen LogP contribution in [-0.4, -0.2) is 32.6 Å². The van der Waals surface area contributed by atoms with Gasteiger partial charge >= 0.3 is 5.97 Å². The average Bonchev–Trinajstić information content (AvgIpc) is 3.19. The van der Waals surface area contributed by atoms with Crippen LogP contribution in [0.4, 0.5) is 0 Å². The molecule has 8 nitrogen and oxygen atoms in total. The van der Waals surface area contributed by atoms with Gasteiger partial charge in [-0.1, -0.05) is 24.3 Å². The van der Waals surface area contributed by atoms with Gasteiger partial charge in [-0.25, -0.2) is 0 Å². The van der Waals surface area contributed by atoms with Crippen LogP contribution in [0.2, 0.25) is 0 Å². The molecule has 2 aromatic carbocycles. The summed E-state index contributed by atoms with van der Waals surface area (Å²) in [5.41, 5.74) is 12.7. The number of carbonyl (C=O) groups is 2. The van der Waals surface area contributed by atoms with E-state index in [1.807, 2.05) is 57.2 Å². The Kier molecular flexibility index (Phi) is 7.55. The van der Waals surface area contributed by atoms with Crippen molar-refractivity contribution >= 4 is 22.8 Å². The van der Waals surface area contributed by atoms with Gasteiger partial charge in [0.15, 0.2) is 0 Å². The Bertz CT molecular complexity index is 1580. The molecule has 2 heterocycles. The molecule has 2 aromatic heterocycles. The summed E-state index contributed by atoms with van der Waals surface area (Å²) in [4.78, 5) is 40.0. The Labute approximate surface area is 221 Å². The number of nitrogens with zero attached hydrogens (tertiary/aromatic N) is 1. The number of hydrogen-bond donors (Lipinski definition) is 4. The van der Waals surface area contributed by atoms with Crippen LogP contribution in [0.25, 0.3) is 22.0 Å². The van der Waals surface area contributed by atoms with Crippen molar-refractivity contribution in [2.75, 3.05) is 0 Å². The van der Waals surface area contributed by atoms with Crippen molar-refractivity contribution in [2.45, 2.75) is 59.7 Å². The highest BCUT2D eigenvalue weighted by Crippen LogP contribution is 2.33. The second-order valence-corrected chi connectivity index (χ2v) is 10.2. The normalized spacial score (nSPS) is 12.2. The number of hydrogen-bond acceptors (Lipinski definition) is 4. The molecule has 1 atom stereocenters. The number of amides is 1. The fraction of sp³-hybridized carbons (Fsp3) is 0.300. The molecule has 0 bridgehead atoms. The number of aliphatic carboxylic acids is 1. The number of aromatic nitrogens is 2. The first-order chi connectivity index (χ1) is 18.0. The first-order valence-electron chi connectivity index (χ1n) is 12.7. The second-order valence-electron chi connectivity index (χ2n) is 10.2. The summed E-state index contributed by atoms with van der Waals surface area (Å²) in [7, 11) is 0. The van der Waals surface area contributed by atoms with Crippen molar-refractivity contribution in [3.63, 3.8) is 0 Å². The third kappa shape index (κ3) is 5.40. The van der Waals surface area contributed by atoms with Gasteiger partial charge in [-0.15, -0.1) is 0 Å². The maximum absolute atomic E-state index is 13.6. The Morgan fingerprint density at radius 1 is 1.03 bits per heavy atom. The zero-order valence-electron chi connectivity index (χ0n) is 22.4. The quantitative estimate of drug-likeness (QED) is 0.277. The van der Waals surface area contributed by atoms with E-state index in [-0.39, 0.29) is 30.5 Å². The summed E-state index contributed by atoms with van der Waals surface area (Å²) < 4.78 is 2.15. The predicted octanol–water partition coefficient (Wildman–Crippen LogP) is 4.39. The van der Waals surface area contributed by atoms with Crippen molar-refractivity contribution in [3.05, 3.63) is 92.5 Å². The molecule has 0 fully saturated rings. The van der Waals surface area contributed by atoms with Gasteiger partial charge in [-0.3, -0.25) is 14.4 Å². The largest absolute Gasteiger partial charge is 0.480 e. The third-order valence-corrected chi connectivity index (χ3v) is 6.90. The van der Waals surface area contributed by atoms with E-state index < -0.39 is 12.0 Å². The number of aryl methyl sites for hydroxylation is 3. The number of pyridine rings is 1. The highest BCUT2D eigenvalue weighted by Gasteiger charge is 2.20. The highest BCUT2D eigenvalue weighted by molar-refractivity contribution is 6.09. The Morgan fingerprint density at radius 3 is 2.32 bits per heavy atom. The number of carboxylic acid groups (broad SMARTS) is 1. The molecule has 0 spiro atoms. The van der Waals surface area contributed by atoms with E-state index in [0.717, 1.165) is 44.4 Å². The minimum Gasteiger partial charge on any atom is -0.480 e. The molecule has 1 amide bonds. The summed E-state index contributed by atoms with van der Waals surface area (Å²) in [6, 6.07) is 12.6. The molecular weight excluding hydrogens is 480 g/mol. The fourth-order valence-corrected chi connectivity index (χ4v) is 4.90. The third-order valence-electron chi connectivity index (χ3n) is 6.90. The molecule has 5 N–H and O–H groups in total. The van der Waals surface area contributed by atoms with Crippen molar-refractivity contribution in [1.29, 1.82) is 0 Å². The van der Waals surface area contributed by atoms with Gasteiger partial charge in [0.05, 0.1) is 0 Å². The van der Waals surface area contributed by atoms with Gasteiger partial charge in [0.2, 0.25) is 0 Å². The zero-order chi connectivity index (χ0) is 27.7. The van der Waals surface area contributed by atoms with E-state index in [1.165, 1.54) is 0 Å². The molecule has 4 rings (SSSR count). The topological polar surface area (TPSA) is 130 Å². The van der Waals surface area contributed by atoms with E-state index in [9.17, 15) is 14.4 Å². The van der Waals surface area contributed by atoms with E-state index in [0.29, 0.717) is 11.1 Å². The molecule has 0 saturated heterocycles. The first kappa shape index (κ1) is 26.9. The van der Waals surface area contributed by atoms with Crippen LogP contribution >= 0.6 is 0 Å². The number of H-pyrrole nitrogens is 1. The van der Waals surface area contributed by atoms with E-state index >= 15 is 0 Å². The predicted molar refractivity (Wildman–Crippen MR) is 150 cm³/mol. The van der Waals surface area contributed by atoms with Gasteiger partial charge < -0.3 is 25.7 Å². The van der Waals surface area contributed by atoms with Crippen molar-refractivity contribution in [2.24, 2.45) is 5.73 Å². The number of aromatic amines is 1. The molecule has 198 valence electrons. The molecule has 8 heteroatoms. The smallest absolute Gasteiger partial charge is 0.320 e. The summed E-state index contributed by atoms with van der Waals surface area (Å²) in [5.74, 6) is -1.30. The van der Waals surface area contributed by atoms with Crippen molar-refractivity contribution in [1.82, 2.24) is 14.9 Å². The SMILES string of the molecule is Cc1cc(C)c(CNC(=O)c2cc(-c3ccc(C[C@@H](N)C(=O)O)cc3)cc3c2c(C)cn3C(C)C)c(=O)[nH]1. The van der Waals surface area contributed by atoms with Crippen LogP contribution in [-0.2, 0) is 17.8 Å². The number of nitrogens with one attached hydrogen (secondary N) is 2. The second kappa shape index (κ2) is 10.7.